The van der Waals surface area contributed by atoms with Crippen LogP contribution < -0.4 is 0 Å². The van der Waals surface area contributed by atoms with Crippen LogP contribution in [0.5, 0.6) is 0 Å². The fraction of sp³-hybridized carbons (Fsp3) is 0.750. The van der Waals surface area contributed by atoms with Crippen LogP contribution in [0.3, 0.4) is 0 Å². The van der Waals surface area contributed by atoms with E-state index in [1.807, 2.05) is 6.07 Å². The van der Waals surface area contributed by atoms with Crippen LogP contribution in [0.25, 0.3) is 0 Å². The van der Waals surface area contributed by atoms with Crippen molar-refractivity contribution < 1.29 is 10.0 Å². The lowest BCUT2D eigenvalue weighted by atomic mass is 9.83. The van der Waals surface area contributed by atoms with Crippen LogP contribution in [-0.2, 0) is 0 Å². The highest BCUT2D eigenvalue weighted by atomic mass is 35.5. The molecule has 0 aliphatic heterocycles. The molecule has 0 amide bonds. The van der Waals surface area contributed by atoms with Gasteiger partial charge in [0.15, 0.2) is 0 Å². The summed E-state index contributed by atoms with van der Waals surface area (Å²) >= 11 is 5.34. The summed E-state index contributed by atoms with van der Waals surface area (Å²) in [6.45, 7) is 0. The molecule has 0 aromatic heterocycles. The first kappa shape index (κ1) is 8.76. The molecule has 0 saturated heterocycles. The fourth-order valence-corrected chi connectivity index (χ4v) is 0.461. The summed E-state index contributed by atoms with van der Waals surface area (Å²) in [5.41, 5.74) is 0. The van der Waals surface area contributed by atoms with Gasteiger partial charge in [0, 0.05) is 6.42 Å². The van der Waals surface area contributed by atoms with Crippen molar-refractivity contribution in [2.45, 2.75) is 18.1 Å². The minimum Gasteiger partial charge on any atom is -0.426 e. The number of hydrogen-bond donors (Lipinski definition) is 2. The molecular formula is C4H7BClNO2. The van der Waals surface area contributed by atoms with Crippen LogP contribution in [0, 0.1) is 11.3 Å². The Morgan fingerprint density at radius 2 is 2.22 bits per heavy atom. The Kier molecular flexibility index (Phi) is 4.50. The second-order valence-electron chi connectivity index (χ2n) is 1.63. The Labute approximate surface area is 59.0 Å². The Hall–Kier alpha value is -0.235. The molecule has 0 heterocycles. The predicted molar refractivity (Wildman–Crippen MR) is 34.7 cm³/mol. The molecule has 0 aliphatic carbocycles. The lowest BCUT2D eigenvalue weighted by molar-refractivity contribution is 0.399. The molecule has 2 N–H and O–H groups in total. The van der Waals surface area contributed by atoms with Crippen molar-refractivity contribution in [3.8, 4) is 6.07 Å². The van der Waals surface area contributed by atoms with Crippen molar-refractivity contribution in [1.82, 2.24) is 0 Å². The third kappa shape index (κ3) is 4.28. The summed E-state index contributed by atoms with van der Waals surface area (Å²) < 4.78 is 0. The second kappa shape index (κ2) is 4.63. The minimum atomic E-state index is -1.51. The van der Waals surface area contributed by atoms with Crippen LogP contribution in [0.2, 0.25) is 0 Å². The largest absolute Gasteiger partial charge is 0.470 e. The Morgan fingerprint density at radius 1 is 1.67 bits per heavy atom. The van der Waals surface area contributed by atoms with Gasteiger partial charge in [0.25, 0.3) is 0 Å². The molecule has 9 heavy (non-hydrogen) atoms. The van der Waals surface area contributed by atoms with Crippen LogP contribution in [-0.4, -0.2) is 22.4 Å². The first-order valence-electron chi connectivity index (χ1n) is 2.55. The van der Waals surface area contributed by atoms with Gasteiger partial charge in [-0.2, -0.15) is 5.26 Å². The molecule has 0 radical (unpaired) electrons. The molecule has 0 fully saturated rings. The Bertz CT molecular complexity index is 114. The summed E-state index contributed by atoms with van der Waals surface area (Å²) in [7, 11) is -1.51. The van der Waals surface area contributed by atoms with Gasteiger partial charge in [0.2, 0.25) is 0 Å². The maximum atomic E-state index is 8.36. The zero-order chi connectivity index (χ0) is 7.28. The smallest absolute Gasteiger partial charge is 0.426 e. The van der Waals surface area contributed by atoms with Crippen molar-refractivity contribution in [3.05, 3.63) is 0 Å². The highest BCUT2D eigenvalue weighted by molar-refractivity contribution is 6.57. The highest BCUT2D eigenvalue weighted by Crippen LogP contribution is 2.04. The van der Waals surface area contributed by atoms with E-state index in [-0.39, 0.29) is 6.42 Å². The normalized spacial score (nSPS) is 12.2. The summed E-state index contributed by atoms with van der Waals surface area (Å²) in [5, 5.41) is 24.0. The standard InChI is InChI=1S/C4H7BClNO2/c6-4(5(8)9)2-1-3-7/h4,8-9H,1-2H2. The van der Waals surface area contributed by atoms with Gasteiger partial charge >= 0.3 is 7.12 Å². The Balaban J connectivity index is 3.29. The third-order valence-corrected chi connectivity index (χ3v) is 1.30. The molecule has 0 aromatic carbocycles. The number of nitrogens with zero attached hydrogens (tertiary/aromatic N) is 1. The van der Waals surface area contributed by atoms with Crippen molar-refractivity contribution in [2.24, 2.45) is 0 Å². The second-order valence-corrected chi connectivity index (χ2v) is 2.19. The number of nitriles is 1. The van der Waals surface area contributed by atoms with Crippen LogP contribution in [0.4, 0.5) is 0 Å². The molecular weight excluding hydrogens is 140 g/mol. The molecule has 5 heteroatoms. The molecule has 0 rings (SSSR count). The summed E-state index contributed by atoms with van der Waals surface area (Å²) in [6, 6.07) is 1.85. The van der Waals surface area contributed by atoms with Crippen LogP contribution >= 0.6 is 11.6 Å². The molecule has 0 aromatic rings. The monoisotopic (exact) mass is 147 g/mol. The van der Waals surface area contributed by atoms with E-state index in [9.17, 15) is 0 Å². The Morgan fingerprint density at radius 3 is 2.56 bits per heavy atom. The fourth-order valence-electron chi connectivity index (χ4n) is 0.352. The van der Waals surface area contributed by atoms with Gasteiger partial charge in [-0.05, 0) is 6.42 Å². The van der Waals surface area contributed by atoms with Crippen molar-refractivity contribution >= 4 is 18.7 Å². The average Bonchev–Trinajstić information content (AvgIpc) is 1.82. The maximum Gasteiger partial charge on any atom is 0.470 e. The van der Waals surface area contributed by atoms with E-state index < -0.39 is 12.4 Å². The van der Waals surface area contributed by atoms with Crippen LogP contribution in [0.15, 0.2) is 0 Å². The molecule has 3 nitrogen and oxygen atoms in total. The van der Waals surface area contributed by atoms with Gasteiger partial charge in [-0.3, -0.25) is 0 Å². The molecule has 0 saturated carbocycles. The van der Waals surface area contributed by atoms with E-state index >= 15 is 0 Å². The molecule has 1 atom stereocenters. The summed E-state index contributed by atoms with van der Waals surface area (Å²) in [6.07, 6.45) is 0.571. The molecule has 0 bridgehead atoms. The summed E-state index contributed by atoms with van der Waals surface area (Å²) in [5.74, 6) is 0. The van der Waals surface area contributed by atoms with Crippen LogP contribution in [0.1, 0.15) is 12.8 Å². The number of alkyl halides is 1. The number of halogens is 1. The number of hydrogen-bond acceptors (Lipinski definition) is 3. The minimum absolute atomic E-state index is 0.256. The van der Waals surface area contributed by atoms with Gasteiger partial charge in [-0.1, -0.05) is 0 Å². The molecule has 50 valence electrons. The van der Waals surface area contributed by atoms with E-state index in [0.717, 1.165) is 0 Å². The maximum absolute atomic E-state index is 8.36. The van der Waals surface area contributed by atoms with Gasteiger partial charge in [-0.25, -0.2) is 0 Å². The van der Waals surface area contributed by atoms with Gasteiger partial charge in [0.05, 0.1) is 11.3 Å². The first-order valence-corrected chi connectivity index (χ1v) is 2.99. The van der Waals surface area contributed by atoms with Crippen molar-refractivity contribution in [3.63, 3.8) is 0 Å². The average molecular weight is 147 g/mol. The van der Waals surface area contributed by atoms with Crippen molar-refractivity contribution in [2.75, 3.05) is 0 Å². The first-order chi connectivity index (χ1) is 4.18. The van der Waals surface area contributed by atoms with Crippen molar-refractivity contribution in [1.29, 1.82) is 5.26 Å². The van der Waals surface area contributed by atoms with Gasteiger partial charge in [0.1, 0.15) is 0 Å². The van der Waals surface area contributed by atoms with Gasteiger partial charge in [-0.15, -0.1) is 11.6 Å². The van der Waals surface area contributed by atoms with E-state index in [1.54, 1.807) is 0 Å². The third-order valence-electron chi connectivity index (χ3n) is 0.855. The lowest BCUT2D eigenvalue weighted by Gasteiger charge is -2.02. The van der Waals surface area contributed by atoms with Gasteiger partial charge < -0.3 is 10.0 Å². The van der Waals surface area contributed by atoms with E-state index in [0.29, 0.717) is 6.42 Å². The quantitative estimate of drug-likeness (QED) is 0.433. The molecule has 0 spiro atoms. The topological polar surface area (TPSA) is 64.2 Å². The zero-order valence-electron chi connectivity index (χ0n) is 4.79. The van der Waals surface area contributed by atoms with E-state index in [4.69, 9.17) is 26.9 Å². The predicted octanol–water partition coefficient (Wildman–Crippen LogP) is -0.0904. The summed E-state index contributed by atoms with van der Waals surface area (Å²) in [4.78, 5) is 0. The molecule has 0 aliphatic rings. The lowest BCUT2D eigenvalue weighted by Crippen LogP contribution is -2.25. The van der Waals surface area contributed by atoms with E-state index in [2.05, 4.69) is 0 Å². The zero-order valence-corrected chi connectivity index (χ0v) is 5.54. The number of rotatable bonds is 3. The highest BCUT2D eigenvalue weighted by Gasteiger charge is 2.19. The SMILES string of the molecule is N#CCCC(Cl)B(O)O. The molecule has 1 unspecified atom stereocenters. The van der Waals surface area contributed by atoms with E-state index in [1.165, 1.54) is 0 Å².